The van der Waals surface area contributed by atoms with E-state index in [1.807, 2.05) is 6.07 Å². The highest BCUT2D eigenvalue weighted by Gasteiger charge is 2.12. The van der Waals surface area contributed by atoms with Crippen LogP contribution in [0, 0.1) is 0 Å². The number of anilines is 1. The fraction of sp³-hybridized carbons (Fsp3) is 0.308. The molecule has 5 heteroatoms. The van der Waals surface area contributed by atoms with Crippen molar-refractivity contribution in [2.24, 2.45) is 5.90 Å². The zero-order valence-corrected chi connectivity index (χ0v) is 10.1. The molecule has 0 unspecified atom stereocenters. The van der Waals surface area contributed by atoms with Crippen molar-refractivity contribution in [2.45, 2.75) is 0 Å². The molecule has 0 aliphatic carbocycles. The Labute approximate surface area is 106 Å². The lowest BCUT2D eigenvalue weighted by Gasteiger charge is -2.29. The van der Waals surface area contributed by atoms with Crippen molar-refractivity contribution in [3.05, 3.63) is 30.5 Å². The molecule has 0 atom stereocenters. The van der Waals surface area contributed by atoms with Crippen molar-refractivity contribution >= 4 is 16.6 Å². The van der Waals surface area contributed by atoms with Crippen LogP contribution < -0.4 is 21.0 Å². The number of pyridine rings is 1. The number of rotatable bonds is 2. The van der Waals surface area contributed by atoms with Gasteiger partial charge in [-0.1, -0.05) is 0 Å². The van der Waals surface area contributed by atoms with Gasteiger partial charge in [-0.2, -0.15) is 5.90 Å². The van der Waals surface area contributed by atoms with Crippen LogP contribution in [0.3, 0.4) is 0 Å². The molecule has 5 nitrogen and oxygen atoms in total. The fourth-order valence-corrected chi connectivity index (χ4v) is 2.33. The Bertz CT molecular complexity index is 552. The Kier molecular flexibility index (Phi) is 3.00. The molecule has 1 aliphatic rings. The van der Waals surface area contributed by atoms with Crippen molar-refractivity contribution in [1.82, 2.24) is 10.3 Å². The number of fused-ring (bicyclic) bond motifs is 1. The molecule has 3 rings (SSSR count). The van der Waals surface area contributed by atoms with Gasteiger partial charge < -0.3 is 15.1 Å². The maximum Gasteiger partial charge on any atom is 0.157 e. The van der Waals surface area contributed by atoms with Crippen LogP contribution in [-0.2, 0) is 0 Å². The molecule has 0 spiro atoms. The second-order valence-corrected chi connectivity index (χ2v) is 4.37. The van der Waals surface area contributed by atoms with Crippen LogP contribution in [0.5, 0.6) is 5.75 Å². The Morgan fingerprint density at radius 2 is 2.06 bits per heavy atom. The smallest absolute Gasteiger partial charge is 0.157 e. The van der Waals surface area contributed by atoms with Crippen LogP contribution in [0.1, 0.15) is 0 Å². The molecular formula is C13H16N4O. The molecule has 0 bridgehead atoms. The molecule has 1 saturated heterocycles. The maximum absolute atomic E-state index is 5.29. The summed E-state index contributed by atoms with van der Waals surface area (Å²) in [5.41, 5.74) is 2.09. The first-order valence-corrected chi connectivity index (χ1v) is 6.09. The van der Waals surface area contributed by atoms with E-state index in [4.69, 9.17) is 10.7 Å². The molecule has 1 fully saturated rings. The molecular weight excluding hydrogens is 228 g/mol. The van der Waals surface area contributed by atoms with Gasteiger partial charge in [-0.05, 0) is 18.2 Å². The molecule has 0 saturated carbocycles. The van der Waals surface area contributed by atoms with Gasteiger partial charge in [0.25, 0.3) is 0 Å². The van der Waals surface area contributed by atoms with Crippen molar-refractivity contribution in [2.75, 3.05) is 31.1 Å². The molecule has 3 N–H and O–H groups in total. The zero-order chi connectivity index (χ0) is 12.4. The average molecular weight is 244 g/mol. The lowest BCUT2D eigenvalue weighted by molar-refractivity contribution is 0.338. The van der Waals surface area contributed by atoms with Crippen LogP contribution in [0.4, 0.5) is 5.69 Å². The predicted octanol–water partition coefficient (Wildman–Crippen LogP) is 0.897. The van der Waals surface area contributed by atoms with Crippen molar-refractivity contribution < 1.29 is 4.84 Å². The van der Waals surface area contributed by atoms with Crippen LogP contribution in [0.15, 0.2) is 30.5 Å². The number of benzene rings is 1. The van der Waals surface area contributed by atoms with E-state index in [0.717, 1.165) is 37.1 Å². The number of nitrogens with zero attached hydrogens (tertiary/aromatic N) is 2. The van der Waals surface area contributed by atoms with Crippen molar-refractivity contribution in [3.8, 4) is 5.75 Å². The number of hydrogen-bond donors (Lipinski definition) is 2. The van der Waals surface area contributed by atoms with E-state index in [-0.39, 0.29) is 0 Å². The summed E-state index contributed by atoms with van der Waals surface area (Å²) in [5, 5.41) is 4.30. The Morgan fingerprint density at radius 3 is 2.83 bits per heavy atom. The second kappa shape index (κ2) is 4.80. The number of nitrogens with one attached hydrogen (secondary N) is 1. The van der Waals surface area contributed by atoms with Gasteiger partial charge in [0.15, 0.2) is 5.75 Å². The lowest BCUT2D eigenvalue weighted by atomic mass is 10.1. The first-order chi connectivity index (χ1) is 8.88. The van der Waals surface area contributed by atoms with Gasteiger partial charge in [0.05, 0.1) is 5.52 Å². The fourth-order valence-electron chi connectivity index (χ4n) is 2.33. The summed E-state index contributed by atoms with van der Waals surface area (Å²) >= 11 is 0. The highest BCUT2D eigenvalue weighted by atomic mass is 16.6. The largest absolute Gasteiger partial charge is 0.411 e. The Morgan fingerprint density at radius 1 is 1.22 bits per heavy atom. The molecule has 94 valence electrons. The number of hydrogen-bond acceptors (Lipinski definition) is 5. The molecule has 18 heavy (non-hydrogen) atoms. The zero-order valence-electron chi connectivity index (χ0n) is 10.1. The van der Waals surface area contributed by atoms with E-state index in [1.165, 1.54) is 5.69 Å². The Balaban J connectivity index is 2.03. The van der Waals surface area contributed by atoms with E-state index >= 15 is 0 Å². The number of piperazine rings is 1. The summed E-state index contributed by atoms with van der Waals surface area (Å²) in [6, 6.07) is 7.98. The van der Waals surface area contributed by atoms with Gasteiger partial charge in [0.2, 0.25) is 0 Å². The van der Waals surface area contributed by atoms with Gasteiger partial charge in [-0.15, -0.1) is 0 Å². The van der Waals surface area contributed by atoms with Crippen LogP contribution in [-0.4, -0.2) is 31.2 Å². The maximum atomic E-state index is 5.29. The van der Waals surface area contributed by atoms with E-state index < -0.39 is 0 Å². The normalized spacial score (nSPS) is 15.9. The molecule has 0 radical (unpaired) electrons. The van der Waals surface area contributed by atoms with Crippen LogP contribution >= 0.6 is 0 Å². The average Bonchev–Trinajstić information content (AvgIpc) is 2.47. The van der Waals surface area contributed by atoms with Gasteiger partial charge in [-0.25, -0.2) is 0 Å². The minimum absolute atomic E-state index is 0.664. The monoisotopic (exact) mass is 244 g/mol. The summed E-state index contributed by atoms with van der Waals surface area (Å²) in [5.74, 6) is 5.96. The standard InChI is InChI=1S/C13H16N4O/c14-18-13-3-4-16-12-2-1-10(9-11(12)13)17-7-5-15-6-8-17/h1-4,9,15H,5-8,14H2. The second-order valence-electron chi connectivity index (χ2n) is 4.37. The van der Waals surface area contributed by atoms with Gasteiger partial charge in [0.1, 0.15) is 0 Å². The lowest BCUT2D eigenvalue weighted by Crippen LogP contribution is -2.43. The molecule has 1 aliphatic heterocycles. The third kappa shape index (κ3) is 1.98. The van der Waals surface area contributed by atoms with Crippen molar-refractivity contribution in [1.29, 1.82) is 0 Å². The molecule has 2 heterocycles. The Hall–Kier alpha value is -1.85. The highest BCUT2D eigenvalue weighted by Crippen LogP contribution is 2.27. The van der Waals surface area contributed by atoms with E-state index in [9.17, 15) is 0 Å². The SMILES string of the molecule is NOc1ccnc2ccc(N3CCNCC3)cc12. The third-order valence-corrected chi connectivity index (χ3v) is 3.29. The van der Waals surface area contributed by atoms with Gasteiger partial charge in [0, 0.05) is 49.5 Å². The third-order valence-electron chi connectivity index (χ3n) is 3.29. The van der Waals surface area contributed by atoms with E-state index in [1.54, 1.807) is 12.3 Å². The number of aromatic nitrogens is 1. The molecule has 2 aromatic rings. The number of nitrogens with two attached hydrogens (primary N) is 1. The summed E-state index contributed by atoms with van der Waals surface area (Å²) in [6.07, 6.45) is 1.70. The van der Waals surface area contributed by atoms with E-state index in [2.05, 4.69) is 27.3 Å². The van der Waals surface area contributed by atoms with Crippen molar-refractivity contribution in [3.63, 3.8) is 0 Å². The summed E-state index contributed by atoms with van der Waals surface area (Å²) in [4.78, 5) is 11.6. The topological polar surface area (TPSA) is 63.4 Å². The van der Waals surface area contributed by atoms with Gasteiger partial charge >= 0.3 is 0 Å². The van der Waals surface area contributed by atoms with Gasteiger partial charge in [-0.3, -0.25) is 4.98 Å². The van der Waals surface area contributed by atoms with Crippen LogP contribution in [0.25, 0.3) is 10.9 Å². The first kappa shape index (κ1) is 11.3. The quantitative estimate of drug-likeness (QED) is 0.768. The van der Waals surface area contributed by atoms with E-state index in [0.29, 0.717) is 5.75 Å². The molecule has 1 aromatic heterocycles. The molecule has 0 amide bonds. The minimum Gasteiger partial charge on any atom is -0.411 e. The minimum atomic E-state index is 0.664. The predicted molar refractivity (Wildman–Crippen MR) is 71.6 cm³/mol. The highest BCUT2D eigenvalue weighted by molar-refractivity contribution is 5.88. The molecule has 1 aromatic carbocycles. The summed E-state index contributed by atoms with van der Waals surface area (Å²) in [7, 11) is 0. The first-order valence-electron chi connectivity index (χ1n) is 6.09. The summed E-state index contributed by atoms with van der Waals surface area (Å²) in [6.45, 7) is 4.08. The summed E-state index contributed by atoms with van der Waals surface area (Å²) < 4.78 is 0. The van der Waals surface area contributed by atoms with Crippen LogP contribution in [0.2, 0.25) is 0 Å².